The van der Waals surface area contributed by atoms with Crippen molar-refractivity contribution < 1.29 is 0 Å². The van der Waals surface area contributed by atoms with Crippen molar-refractivity contribution in [2.75, 3.05) is 0 Å². The topological polar surface area (TPSA) is 12.4 Å². The van der Waals surface area contributed by atoms with Gasteiger partial charge < -0.3 is 0 Å². The van der Waals surface area contributed by atoms with Crippen LogP contribution in [-0.2, 0) is 0 Å². The smallest absolute Gasteiger partial charge is 0.0633 e. The van der Waals surface area contributed by atoms with Crippen LogP contribution in [0.25, 0.3) is 0 Å². The van der Waals surface area contributed by atoms with E-state index in [0.29, 0.717) is 6.04 Å². The molecule has 0 spiro atoms. The first-order valence-electron chi connectivity index (χ1n) is 5.99. The van der Waals surface area contributed by atoms with Crippen LogP contribution in [0.4, 0.5) is 0 Å². The molecule has 0 unspecified atom stereocenters. The van der Waals surface area contributed by atoms with Crippen molar-refractivity contribution in [3.05, 3.63) is 0 Å². The van der Waals surface area contributed by atoms with E-state index in [1.807, 2.05) is 0 Å². The number of isothiocyanates is 1. The van der Waals surface area contributed by atoms with Crippen LogP contribution in [0.2, 0.25) is 0 Å². The van der Waals surface area contributed by atoms with Crippen LogP contribution in [0.15, 0.2) is 4.99 Å². The minimum absolute atomic E-state index is 0.524. The maximum absolute atomic E-state index is 4.73. The molecule has 2 rings (SSSR count). The molecule has 0 aliphatic heterocycles. The average Bonchev–Trinajstić information content (AvgIpc) is 2.68. The van der Waals surface area contributed by atoms with E-state index in [4.69, 9.17) is 12.2 Å². The molecule has 78 valence electrons. The van der Waals surface area contributed by atoms with E-state index in [-0.39, 0.29) is 0 Å². The molecule has 0 amide bonds. The fourth-order valence-corrected chi connectivity index (χ4v) is 3.44. The Hall–Kier alpha value is -0.200. The molecular weight excluding hydrogens is 190 g/mol. The van der Waals surface area contributed by atoms with Gasteiger partial charge in [0.25, 0.3) is 0 Å². The summed E-state index contributed by atoms with van der Waals surface area (Å²) < 4.78 is 0. The Morgan fingerprint density at radius 3 is 2.43 bits per heavy atom. The van der Waals surface area contributed by atoms with Gasteiger partial charge in [0.05, 0.1) is 11.2 Å². The zero-order valence-electron chi connectivity index (χ0n) is 8.74. The van der Waals surface area contributed by atoms with Crippen LogP contribution in [0.3, 0.4) is 0 Å². The lowest BCUT2D eigenvalue weighted by Gasteiger charge is -2.29. The quantitative estimate of drug-likeness (QED) is 0.497. The fourth-order valence-electron chi connectivity index (χ4n) is 3.31. The van der Waals surface area contributed by atoms with Crippen molar-refractivity contribution >= 4 is 17.4 Å². The molecule has 2 fully saturated rings. The maximum Gasteiger partial charge on any atom is 0.0633 e. The van der Waals surface area contributed by atoms with E-state index in [0.717, 1.165) is 11.8 Å². The zero-order valence-corrected chi connectivity index (χ0v) is 9.56. The lowest BCUT2D eigenvalue weighted by Crippen LogP contribution is -2.23. The third-order valence-electron chi connectivity index (χ3n) is 4.01. The number of nitrogens with zero attached hydrogens (tertiary/aromatic N) is 1. The second-order valence-electron chi connectivity index (χ2n) is 4.78. The van der Waals surface area contributed by atoms with E-state index < -0.39 is 0 Å². The van der Waals surface area contributed by atoms with Gasteiger partial charge in [-0.25, -0.2) is 4.99 Å². The number of hydrogen-bond acceptors (Lipinski definition) is 2. The van der Waals surface area contributed by atoms with Gasteiger partial charge in [-0.3, -0.25) is 0 Å². The second-order valence-corrected chi connectivity index (χ2v) is 4.96. The van der Waals surface area contributed by atoms with E-state index in [2.05, 4.69) is 10.2 Å². The molecule has 1 nitrogen and oxygen atoms in total. The van der Waals surface area contributed by atoms with Crippen LogP contribution in [-0.4, -0.2) is 11.2 Å². The van der Waals surface area contributed by atoms with Crippen LogP contribution in [0, 0.1) is 11.8 Å². The number of hydrogen-bond donors (Lipinski definition) is 0. The Kier molecular flexibility index (Phi) is 3.72. The highest BCUT2D eigenvalue weighted by atomic mass is 32.1. The SMILES string of the molecule is S=C=N[C@@H]1CCC[C@H]1C1CCCCC1. The van der Waals surface area contributed by atoms with Crippen molar-refractivity contribution in [2.24, 2.45) is 16.8 Å². The molecule has 2 aliphatic carbocycles. The number of aliphatic imine (C=N–C) groups is 1. The molecule has 0 bridgehead atoms. The highest BCUT2D eigenvalue weighted by Crippen LogP contribution is 2.40. The Bertz CT molecular complexity index is 226. The average molecular weight is 209 g/mol. The molecular formula is C12H19NS. The molecule has 0 aromatic carbocycles. The Labute approximate surface area is 92.0 Å². The van der Waals surface area contributed by atoms with Crippen molar-refractivity contribution in [1.29, 1.82) is 0 Å². The van der Waals surface area contributed by atoms with Gasteiger partial charge in [0.2, 0.25) is 0 Å². The third-order valence-corrected chi connectivity index (χ3v) is 4.11. The van der Waals surface area contributed by atoms with Gasteiger partial charge in [-0.1, -0.05) is 38.5 Å². The Morgan fingerprint density at radius 1 is 0.929 bits per heavy atom. The zero-order chi connectivity index (χ0) is 9.80. The van der Waals surface area contributed by atoms with Crippen LogP contribution < -0.4 is 0 Å². The Balaban J connectivity index is 1.97. The molecule has 2 heteroatoms. The highest BCUT2D eigenvalue weighted by Gasteiger charge is 2.33. The summed E-state index contributed by atoms with van der Waals surface area (Å²) in [5.41, 5.74) is 0. The standard InChI is InChI=1S/C12H19NS/c14-9-13-12-8-4-7-11(12)10-5-2-1-3-6-10/h10-12H,1-8H2/t11-,12+/m0/s1. The third kappa shape index (κ3) is 2.24. The van der Waals surface area contributed by atoms with Crippen molar-refractivity contribution in [3.63, 3.8) is 0 Å². The first-order valence-corrected chi connectivity index (χ1v) is 6.39. The van der Waals surface area contributed by atoms with Crippen molar-refractivity contribution in [1.82, 2.24) is 0 Å². The molecule has 0 heterocycles. The van der Waals surface area contributed by atoms with Crippen molar-refractivity contribution in [2.45, 2.75) is 57.4 Å². The predicted octanol–water partition coefficient (Wildman–Crippen LogP) is 3.84. The molecule has 0 saturated heterocycles. The minimum atomic E-state index is 0.524. The van der Waals surface area contributed by atoms with E-state index in [9.17, 15) is 0 Å². The summed E-state index contributed by atoms with van der Waals surface area (Å²) in [5.74, 6) is 1.79. The highest BCUT2D eigenvalue weighted by molar-refractivity contribution is 7.78. The monoisotopic (exact) mass is 209 g/mol. The van der Waals surface area contributed by atoms with Crippen LogP contribution in [0.5, 0.6) is 0 Å². The maximum atomic E-state index is 4.73. The van der Waals surface area contributed by atoms with Crippen LogP contribution in [0.1, 0.15) is 51.4 Å². The fraction of sp³-hybridized carbons (Fsp3) is 0.917. The van der Waals surface area contributed by atoms with Gasteiger partial charge in [0.1, 0.15) is 0 Å². The van der Waals surface area contributed by atoms with E-state index in [1.165, 1.54) is 51.4 Å². The molecule has 0 aromatic heterocycles. The molecule has 14 heavy (non-hydrogen) atoms. The summed E-state index contributed by atoms with van der Waals surface area (Å²) >= 11 is 4.73. The van der Waals surface area contributed by atoms with Gasteiger partial charge in [-0.15, -0.1) is 0 Å². The summed E-state index contributed by atoms with van der Waals surface area (Å²) in [4.78, 5) is 4.35. The molecule has 0 radical (unpaired) electrons. The second kappa shape index (κ2) is 5.04. The number of rotatable bonds is 2. The van der Waals surface area contributed by atoms with E-state index in [1.54, 1.807) is 0 Å². The summed E-state index contributed by atoms with van der Waals surface area (Å²) in [6.07, 6.45) is 11.2. The first-order chi connectivity index (χ1) is 6.92. The summed E-state index contributed by atoms with van der Waals surface area (Å²) in [7, 11) is 0. The first kappa shape index (κ1) is 10.3. The Morgan fingerprint density at radius 2 is 1.71 bits per heavy atom. The molecule has 2 aliphatic rings. The lowest BCUT2D eigenvalue weighted by molar-refractivity contribution is 0.236. The normalized spacial score (nSPS) is 34.0. The van der Waals surface area contributed by atoms with Gasteiger partial charge in [0, 0.05) is 0 Å². The van der Waals surface area contributed by atoms with E-state index >= 15 is 0 Å². The summed E-state index contributed by atoms with van der Waals surface area (Å²) in [6.45, 7) is 0. The lowest BCUT2D eigenvalue weighted by atomic mass is 9.78. The molecule has 0 N–H and O–H groups in total. The van der Waals surface area contributed by atoms with Gasteiger partial charge in [0.15, 0.2) is 0 Å². The summed E-state index contributed by atoms with van der Waals surface area (Å²) in [6, 6.07) is 0.524. The predicted molar refractivity (Wildman–Crippen MR) is 62.7 cm³/mol. The van der Waals surface area contributed by atoms with Gasteiger partial charge in [-0.2, -0.15) is 0 Å². The largest absolute Gasteiger partial charge is 0.229 e. The molecule has 0 aromatic rings. The summed E-state index contributed by atoms with van der Waals surface area (Å²) in [5, 5.41) is 2.59. The number of thiocarbonyl (C=S) groups is 1. The van der Waals surface area contributed by atoms with Gasteiger partial charge >= 0.3 is 0 Å². The minimum Gasteiger partial charge on any atom is -0.229 e. The van der Waals surface area contributed by atoms with Crippen LogP contribution >= 0.6 is 12.2 Å². The molecule has 2 atom stereocenters. The molecule has 2 saturated carbocycles. The van der Waals surface area contributed by atoms with Crippen molar-refractivity contribution in [3.8, 4) is 0 Å². The van der Waals surface area contributed by atoms with Gasteiger partial charge in [-0.05, 0) is 36.9 Å².